The molecule has 4 nitrogen and oxygen atoms in total. The van der Waals surface area contributed by atoms with Crippen molar-refractivity contribution in [3.8, 4) is 0 Å². The number of nitrogens with zero attached hydrogens (tertiary/aromatic N) is 2. The molecular formula is C18H18ClN3O. The van der Waals surface area contributed by atoms with Crippen LogP contribution in [0.3, 0.4) is 0 Å². The highest BCUT2D eigenvalue weighted by atomic mass is 35.5. The Balaban J connectivity index is 2.01. The third-order valence-corrected chi connectivity index (χ3v) is 4.21. The normalized spacial score (nSPS) is 11.0. The van der Waals surface area contributed by atoms with E-state index in [9.17, 15) is 4.79 Å². The van der Waals surface area contributed by atoms with E-state index in [4.69, 9.17) is 11.6 Å². The second-order valence-electron chi connectivity index (χ2n) is 5.59. The molecule has 5 heteroatoms. The molecule has 0 bridgehead atoms. The van der Waals surface area contributed by atoms with Gasteiger partial charge in [0.15, 0.2) is 0 Å². The first-order valence-electron chi connectivity index (χ1n) is 7.54. The van der Waals surface area contributed by atoms with Gasteiger partial charge in [-0.25, -0.2) is 4.98 Å². The fourth-order valence-electron chi connectivity index (χ4n) is 2.57. The minimum absolute atomic E-state index is 0.167. The van der Waals surface area contributed by atoms with Gasteiger partial charge in [0, 0.05) is 23.0 Å². The predicted molar refractivity (Wildman–Crippen MR) is 93.4 cm³/mol. The molecule has 0 radical (unpaired) electrons. The van der Waals surface area contributed by atoms with Gasteiger partial charge in [-0.05, 0) is 49.6 Å². The van der Waals surface area contributed by atoms with E-state index in [1.165, 1.54) is 5.56 Å². The monoisotopic (exact) mass is 327 g/mol. The number of hydrogen-bond acceptors (Lipinski definition) is 2. The number of amides is 1. The molecule has 0 saturated heterocycles. The highest BCUT2D eigenvalue weighted by Crippen LogP contribution is 2.20. The Kier molecular flexibility index (Phi) is 4.09. The molecule has 1 N–H and O–H groups in total. The lowest BCUT2D eigenvalue weighted by molar-refractivity contribution is 0.102. The van der Waals surface area contributed by atoms with Crippen LogP contribution in [0, 0.1) is 13.8 Å². The number of nitrogens with one attached hydrogen (secondary N) is 1. The Morgan fingerprint density at radius 2 is 2.00 bits per heavy atom. The number of benzene rings is 1. The molecule has 23 heavy (non-hydrogen) atoms. The third-order valence-electron chi connectivity index (χ3n) is 3.98. The summed E-state index contributed by atoms with van der Waals surface area (Å²) >= 11 is 6.01. The topological polar surface area (TPSA) is 46.4 Å². The predicted octanol–water partition coefficient (Wildman–Crippen LogP) is 4.42. The zero-order valence-corrected chi connectivity index (χ0v) is 14.1. The first-order valence-corrected chi connectivity index (χ1v) is 7.92. The number of imidazole rings is 1. The lowest BCUT2D eigenvalue weighted by Gasteiger charge is -2.08. The maximum absolute atomic E-state index is 12.7. The molecule has 2 heterocycles. The Bertz CT molecular complexity index is 899. The molecule has 3 aromatic rings. The summed E-state index contributed by atoms with van der Waals surface area (Å²) in [5.74, 6) is -0.167. The van der Waals surface area contributed by atoms with E-state index in [1.54, 1.807) is 22.7 Å². The van der Waals surface area contributed by atoms with Crippen molar-refractivity contribution in [3.05, 3.63) is 64.1 Å². The number of pyridine rings is 1. The Morgan fingerprint density at radius 1 is 1.22 bits per heavy atom. The Hall–Kier alpha value is -2.33. The van der Waals surface area contributed by atoms with E-state index in [-0.39, 0.29) is 5.91 Å². The molecule has 0 saturated carbocycles. The molecule has 1 amide bonds. The summed E-state index contributed by atoms with van der Waals surface area (Å²) in [4.78, 5) is 17.2. The van der Waals surface area contributed by atoms with Crippen LogP contribution in [0.25, 0.3) is 5.65 Å². The number of carbonyl (C=O) groups excluding carboxylic acids is 1. The van der Waals surface area contributed by atoms with Crippen molar-refractivity contribution in [2.24, 2.45) is 0 Å². The second-order valence-corrected chi connectivity index (χ2v) is 6.02. The van der Waals surface area contributed by atoms with Crippen molar-refractivity contribution in [1.82, 2.24) is 9.38 Å². The van der Waals surface area contributed by atoms with E-state index < -0.39 is 0 Å². The fourth-order valence-corrected chi connectivity index (χ4v) is 2.72. The van der Waals surface area contributed by atoms with Gasteiger partial charge >= 0.3 is 0 Å². The van der Waals surface area contributed by atoms with Gasteiger partial charge in [-0.15, -0.1) is 0 Å². The molecule has 2 aromatic heterocycles. The van der Waals surface area contributed by atoms with Gasteiger partial charge in [-0.1, -0.05) is 24.6 Å². The standard InChI is InChI=1S/C18H18ClN3O/c1-4-15-17(22-8-7-13(19)10-16(22)21-15)18(23)20-14-6-5-11(2)12(3)9-14/h5-10H,4H2,1-3H3,(H,20,23). The summed E-state index contributed by atoms with van der Waals surface area (Å²) in [5, 5.41) is 3.56. The lowest BCUT2D eigenvalue weighted by atomic mass is 10.1. The molecular weight excluding hydrogens is 310 g/mol. The molecule has 0 aliphatic heterocycles. The van der Waals surface area contributed by atoms with Crippen molar-refractivity contribution in [2.75, 3.05) is 5.32 Å². The molecule has 0 spiro atoms. The summed E-state index contributed by atoms with van der Waals surface area (Å²) in [6.45, 7) is 6.05. The van der Waals surface area contributed by atoms with Crippen molar-refractivity contribution < 1.29 is 4.79 Å². The number of halogens is 1. The first-order chi connectivity index (χ1) is 11.0. The summed E-state index contributed by atoms with van der Waals surface area (Å²) < 4.78 is 1.78. The smallest absolute Gasteiger partial charge is 0.274 e. The van der Waals surface area contributed by atoms with Crippen LogP contribution in [0.15, 0.2) is 36.5 Å². The van der Waals surface area contributed by atoms with Crippen molar-refractivity contribution >= 4 is 28.8 Å². The van der Waals surface area contributed by atoms with Crippen LogP contribution in [-0.2, 0) is 6.42 Å². The van der Waals surface area contributed by atoms with Crippen molar-refractivity contribution in [3.63, 3.8) is 0 Å². The van der Waals surface area contributed by atoms with Crippen molar-refractivity contribution in [1.29, 1.82) is 0 Å². The maximum Gasteiger partial charge on any atom is 0.274 e. The molecule has 0 atom stereocenters. The molecule has 0 unspecified atom stereocenters. The fraction of sp³-hybridized carbons (Fsp3) is 0.222. The number of anilines is 1. The number of fused-ring (bicyclic) bond motifs is 1. The summed E-state index contributed by atoms with van der Waals surface area (Å²) in [7, 11) is 0. The van der Waals surface area contributed by atoms with E-state index in [2.05, 4.69) is 10.3 Å². The minimum atomic E-state index is -0.167. The number of aromatic nitrogens is 2. The zero-order chi connectivity index (χ0) is 16.6. The SMILES string of the molecule is CCc1nc2cc(Cl)ccn2c1C(=O)Nc1ccc(C)c(C)c1. The molecule has 3 rings (SSSR count). The van der Waals surface area contributed by atoms with Crippen LogP contribution in [0.4, 0.5) is 5.69 Å². The van der Waals surface area contributed by atoms with Gasteiger partial charge in [-0.2, -0.15) is 0 Å². The summed E-state index contributed by atoms with van der Waals surface area (Å²) in [5.41, 5.74) is 5.11. The largest absolute Gasteiger partial charge is 0.321 e. The number of hydrogen-bond donors (Lipinski definition) is 1. The molecule has 0 aliphatic carbocycles. The van der Waals surface area contributed by atoms with Crippen LogP contribution >= 0.6 is 11.6 Å². The van der Waals surface area contributed by atoms with E-state index >= 15 is 0 Å². The van der Waals surface area contributed by atoms with Crippen LogP contribution in [0.5, 0.6) is 0 Å². The lowest BCUT2D eigenvalue weighted by Crippen LogP contribution is -2.16. The highest BCUT2D eigenvalue weighted by molar-refractivity contribution is 6.30. The molecule has 1 aromatic carbocycles. The van der Waals surface area contributed by atoms with Gasteiger partial charge in [0.05, 0.1) is 5.69 Å². The maximum atomic E-state index is 12.7. The molecule has 0 aliphatic rings. The summed E-state index contributed by atoms with van der Waals surface area (Å²) in [6, 6.07) is 9.39. The van der Waals surface area contributed by atoms with Gasteiger partial charge < -0.3 is 5.32 Å². The molecule has 118 valence electrons. The second kappa shape index (κ2) is 6.05. The number of rotatable bonds is 3. The first kappa shape index (κ1) is 15.6. The highest BCUT2D eigenvalue weighted by Gasteiger charge is 2.18. The van der Waals surface area contributed by atoms with Crippen LogP contribution in [0.1, 0.15) is 34.2 Å². The van der Waals surface area contributed by atoms with Crippen LogP contribution in [-0.4, -0.2) is 15.3 Å². The van der Waals surface area contributed by atoms with Crippen LogP contribution < -0.4 is 5.32 Å². The van der Waals surface area contributed by atoms with Gasteiger partial charge in [0.25, 0.3) is 5.91 Å². The zero-order valence-electron chi connectivity index (χ0n) is 13.4. The minimum Gasteiger partial charge on any atom is -0.321 e. The van der Waals surface area contributed by atoms with Gasteiger partial charge in [-0.3, -0.25) is 9.20 Å². The average molecular weight is 328 g/mol. The average Bonchev–Trinajstić information content (AvgIpc) is 2.88. The number of carbonyl (C=O) groups is 1. The van der Waals surface area contributed by atoms with E-state index in [1.807, 2.05) is 39.0 Å². The third kappa shape index (κ3) is 2.94. The molecule has 0 fully saturated rings. The van der Waals surface area contributed by atoms with Crippen molar-refractivity contribution in [2.45, 2.75) is 27.2 Å². The quantitative estimate of drug-likeness (QED) is 0.774. The van der Waals surface area contributed by atoms with E-state index in [0.29, 0.717) is 22.8 Å². The number of aryl methyl sites for hydroxylation is 3. The Morgan fingerprint density at radius 3 is 2.70 bits per heavy atom. The van der Waals surface area contributed by atoms with Gasteiger partial charge in [0.1, 0.15) is 11.3 Å². The van der Waals surface area contributed by atoms with Gasteiger partial charge in [0.2, 0.25) is 0 Å². The Labute approximate surface area is 140 Å². The summed E-state index contributed by atoms with van der Waals surface area (Å²) in [6.07, 6.45) is 2.45. The van der Waals surface area contributed by atoms with Crippen LogP contribution in [0.2, 0.25) is 5.02 Å². The van der Waals surface area contributed by atoms with E-state index in [0.717, 1.165) is 16.9 Å².